The normalized spacial score (nSPS) is 15.6. The van der Waals surface area contributed by atoms with Gasteiger partial charge in [-0.3, -0.25) is 14.7 Å². The first-order chi connectivity index (χ1) is 11.6. The number of carbonyl (C=O) groups excluding carboxylic acids is 1. The van der Waals surface area contributed by atoms with E-state index in [4.69, 9.17) is 0 Å². The molecule has 0 aliphatic heterocycles. The fourth-order valence-corrected chi connectivity index (χ4v) is 4.00. The molecule has 0 aromatic carbocycles. The molecule has 0 spiro atoms. The average Bonchev–Trinajstić information content (AvgIpc) is 3.10. The summed E-state index contributed by atoms with van der Waals surface area (Å²) in [7, 11) is 0. The van der Waals surface area contributed by atoms with Gasteiger partial charge in [-0.1, -0.05) is 44.4 Å². The third-order valence-corrected chi connectivity index (χ3v) is 5.34. The second-order valence-electron chi connectivity index (χ2n) is 6.80. The Morgan fingerprint density at radius 3 is 2.58 bits per heavy atom. The first-order valence-electron chi connectivity index (χ1n) is 8.70. The van der Waals surface area contributed by atoms with Crippen molar-refractivity contribution in [1.29, 1.82) is 0 Å². The summed E-state index contributed by atoms with van der Waals surface area (Å²) < 4.78 is 0. The van der Waals surface area contributed by atoms with Crippen LogP contribution in [0.25, 0.3) is 10.6 Å². The molecule has 2 aromatic rings. The van der Waals surface area contributed by atoms with Gasteiger partial charge in [0.05, 0.1) is 0 Å². The lowest BCUT2D eigenvalue weighted by atomic mass is 9.88. The molecule has 3 rings (SSSR count). The van der Waals surface area contributed by atoms with E-state index in [1.165, 1.54) is 17.8 Å². The first kappa shape index (κ1) is 17.0. The van der Waals surface area contributed by atoms with Crippen LogP contribution in [0, 0.1) is 11.8 Å². The molecule has 1 amide bonds. The van der Waals surface area contributed by atoms with Gasteiger partial charge in [0.2, 0.25) is 11.0 Å². The monoisotopic (exact) mass is 344 g/mol. The molecule has 6 heteroatoms. The molecule has 0 bridgehead atoms. The van der Waals surface area contributed by atoms with Crippen molar-refractivity contribution in [2.24, 2.45) is 11.8 Å². The zero-order valence-corrected chi connectivity index (χ0v) is 15.1. The number of amides is 1. The zero-order chi connectivity index (χ0) is 16.9. The van der Waals surface area contributed by atoms with Crippen LogP contribution in [0.3, 0.4) is 0 Å². The molecule has 1 aliphatic rings. The van der Waals surface area contributed by atoms with Gasteiger partial charge in [0.1, 0.15) is 5.01 Å². The van der Waals surface area contributed by atoms with Crippen LogP contribution < -0.4 is 4.90 Å². The lowest BCUT2D eigenvalue weighted by Crippen LogP contribution is -2.39. The minimum Gasteiger partial charge on any atom is -0.286 e. The highest BCUT2D eigenvalue weighted by atomic mass is 32.1. The van der Waals surface area contributed by atoms with Gasteiger partial charge in [-0.15, -0.1) is 10.2 Å². The summed E-state index contributed by atoms with van der Waals surface area (Å²) in [5.74, 6) is 0.761. The number of hydrogen-bond acceptors (Lipinski definition) is 5. The fourth-order valence-electron chi connectivity index (χ4n) is 3.13. The maximum Gasteiger partial charge on any atom is 0.231 e. The van der Waals surface area contributed by atoms with Crippen LogP contribution in [-0.4, -0.2) is 27.6 Å². The third-order valence-electron chi connectivity index (χ3n) is 4.34. The average molecular weight is 344 g/mol. The largest absolute Gasteiger partial charge is 0.286 e. The standard InChI is InChI=1S/C18H24N4OS/c1-13(2)12-22(17(23)15-6-4-3-5-7-15)18-21-20-16(24-18)14-8-10-19-11-9-14/h8-11,13,15H,3-7,12H2,1-2H3. The minimum atomic E-state index is 0.144. The van der Waals surface area contributed by atoms with Crippen molar-refractivity contribution < 1.29 is 4.79 Å². The maximum absolute atomic E-state index is 13.0. The molecule has 1 aliphatic carbocycles. The number of anilines is 1. The Kier molecular flexibility index (Phi) is 5.56. The van der Waals surface area contributed by atoms with E-state index in [1.807, 2.05) is 17.0 Å². The molecular weight excluding hydrogens is 320 g/mol. The van der Waals surface area contributed by atoms with Crippen molar-refractivity contribution in [3.8, 4) is 10.6 Å². The van der Waals surface area contributed by atoms with Crippen LogP contribution in [-0.2, 0) is 4.79 Å². The fraction of sp³-hybridized carbons (Fsp3) is 0.556. The molecule has 5 nitrogen and oxygen atoms in total. The third kappa shape index (κ3) is 3.98. The summed E-state index contributed by atoms with van der Waals surface area (Å²) >= 11 is 1.48. The van der Waals surface area contributed by atoms with Crippen LogP contribution >= 0.6 is 11.3 Å². The summed E-state index contributed by atoms with van der Waals surface area (Å²) in [5.41, 5.74) is 0.989. The predicted octanol–water partition coefficient (Wildman–Crippen LogP) is 4.17. The Hall–Kier alpha value is -1.82. The molecule has 2 heterocycles. The molecular formula is C18H24N4OS. The molecule has 0 unspecified atom stereocenters. The summed E-state index contributed by atoms with van der Waals surface area (Å²) in [5, 5.41) is 10.1. The molecule has 1 saturated carbocycles. The lowest BCUT2D eigenvalue weighted by Gasteiger charge is -2.28. The van der Waals surface area contributed by atoms with Crippen molar-refractivity contribution in [1.82, 2.24) is 15.2 Å². The van der Waals surface area contributed by atoms with E-state index in [2.05, 4.69) is 29.0 Å². The van der Waals surface area contributed by atoms with Crippen molar-refractivity contribution in [3.05, 3.63) is 24.5 Å². The second-order valence-corrected chi connectivity index (χ2v) is 7.76. The highest BCUT2D eigenvalue weighted by molar-refractivity contribution is 7.18. The van der Waals surface area contributed by atoms with E-state index < -0.39 is 0 Å². The number of aromatic nitrogens is 3. The number of pyridine rings is 1. The molecule has 0 radical (unpaired) electrons. The highest BCUT2D eigenvalue weighted by Crippen LogP contribution is 2.32. The summed E-state index contributed by atoms with van der Waals surface area (Å²) in [6, 6.07) is 3.83. The van der Waals surface area contributed by atoms with Crippen molar-refractivity contribution in [2.75, 3.05) is 11.4 Å². The van der Waals surface area contributed by atoms with Gasteiger partial charge in [-0.25, -0.2) is 0 Å². The van der Waals surface area contributed by atoms with Crippen LogP contribution in [0.2, 0.25) is 0 Å². The smallest absolute Gasteiger partial charge is 0.231 e. The quantitative estimate of drug-likeness (QED) is 0.817. The summed E-state index contributed by atoms with van der Waals surface area (Å²) in [4.78, 5) is 18.9. The van der Waals surface area contributed by atoms with E-state index in [1.54, 1.807) is 12.4 Å². The number of rotatable bonds is 5. The van der Waals surface area contributed by atoms with Crippen molar-refractivity contribution in [3.63, 3.8) is 0 Å². The van der Waals surface area contributed by atoms with Crippen molar-refractivity contribution >= 4 is 22.4 Å². The molecule has 1 fully saturated rings. The van der Waals surface area contributed by atoms with E-state index in [0.717, 1.165) is 36.3 Å². The summed E-state index contributed by atoms with van der Waals surface area (Å²) in [6.07, 6.45) is 9.06. The van der Waals surface area contributed by atoms with Gasteiger partial charge in [0.25, 0.3) is 0 Å². The van der Waals surface area contributed by atoms with Crippen LogP contribution in [0.5, 0.6) is 0 Å². The molecule has 128 valence electrons. The SMILES string of the molecule is CC(C)CN(C(=O)C1CCCCC1)c1nnc(-c2ccncc2)s1. The zero-order valence-electron chi connectivity index (χ0n) is 14.3. The van der Waals surface area contributed by atoms with E-state index in [-0.39, 0.29) is 11.8 Å². The lowest BCUT2D eigenvalue weighted by molar-refractivity contribution is -0.123. The van der Waals surface area contributed by atoms with E-state index in [9.17, 15) is 4.79 Å². The van der Waals surface area contributed by atoms with Gasteiger partial charge in [0.15, 0.2) is 0 Å². The Balaban J connectivity index is 1.83. The maximum atomic E-state index is 13.0. The van der Waals surface area contributed by atoms with Gasteiger partial charge >= 0.3 is 0 Å². The van der Waals surface area contributed by atoms with E-state index in [0.29, 0.717) is 17.6 Å². The van der Waals surface area contributed by atoms with Crippen LogP contribution in [0.1, 0.15) is 46.0 Å². The van der Waals surface area contributed by atoms with E-state index >= 15 is 0 Å². The number of nitrogens with zero attached hydrogens (tertiary/aromatic N) is 4. The topological polar surface area (TPSA) is 59.0 Å². The number of hydrogen-bond donors (Lipinski definition) is 0. The van der Waals surface area contributed by atoms with Gasteiger partial charge in [-0.05, 0) is 30.9 Å². The summed E-state index contributed by atoms with van der Waals surface area (Å²) in [6.45, 7) is 4.96. The molecule has 0 saturated heterocycles. The Morgan fingerprint density at radius 2 is 1.92 bits per heavy atom. The van der Waals surface area contributed by atoms with Crippen LogP contribution in [0.4, 0.5) is 5.13 Å². The van der Waals surface area contributed by atoms with Crippen LogP contribution in [0.15, 0.2) is 24.5 Å². The van der Waals surface area contributed by atoms with Gasteiger partial charge < -0.3 is 0 Å². The molecule has 0 atom stereocenters. The number of carbonyl (C=O) groups is 1. The first-order valence-corrected chi connectivity index (χ1v) is 9.52. The van der Waals surface area contributed by atoms with Crippen molar-refractivity contribution in [2.45, 2.75) is 46.0 Å². The Labute approximate surface area is 147 Å². The molecule has 2 aromatic heterocycles. The highest BCUT2D eigenvalue weighted by Gasteiger charge is 2.29. The Bertz CT molecular complexity index is 665. The predicted molar refractivity (Wildman–Crippen MR) is 96.9 cm³/mol. The van der Waals surface area contributed by atoms with Gasteiger partial charge in [0, 0.05) is 30.4 Å². The molecule has 24 heavy (non-hydrogen) atoms. The van der Waals surface area contributed by atoms with Gasteiger partial charge in [-0.2, -0.15) is 0 Å². The Morgan fingerprint density at radius 1 is 1.21 bits per heavy atom. The second kappa shape index (κ2) is 7.83. The minimum absolute atomic E-state index is 0.144. The molecule has 0 N–H and O–H groups in total.